The standard InChI is InChI=1S/C28H30FN5O3S/c1-3-17(2)38(35)21-7-5-19(6-8-21)25-15-32-28(30)27(33-25)26-13-24(34-37-26)22-9-4-18(12-23(22)29)14-31-20-10-11-36-16-20/h4-9,12-13,15,17,20,31H,3,10-11,14,16H2,1-2H3,(H2,30,32). The number of rotatable bonds is 9. The van der Waals surface area contributed by atoms with Gasteiger partial charge in [-0.1, -0.05) is 18.1 Å². The van der Waals surface area contributed by atoms with E-state index in [0.717, 1.165) is 35.5 Å². The highest BCUT2D eigenvalue weighted by atomic mass is 32.2. The molecule has 3 heterocycles. The summed E-state index contributed by atoms with van der Waals surface area (Å²) in [6.07, 6.45) is 3.36. The van der Waals surface area contributed by atoms with Gasteiger partial charge in [0.25, 0.3) is 0 Å². The maximum atomic E-state index is 15.0. The van der Waals surface area contributed by atoms with E-state index < -0.39 is 17.0 Å². The number of nitrogens with two attached hydrogens (primary N) is 1. The van der Waals surface area contributed by atoms with Crippen molar-refractivity contribution in [3.8, 4) is 34.0 Å². The summed E-state index contributed by atoms with van der Waals surface area (Å²) in [4.78, 5) is 9.67. The van der Waals surface area contributed by atoms with E-state index in [0.29, 0.717) is 41.8 Å². The number of hydrogen-bond donors (Lipinski definition) is 2. The predicted molar refractivity (Wildman–Crippen MR) is 145 cm³/mol. The molecular formula is C28H30FN5O3S. The molecule has 3 atom stereocenters. The fraction of sp³-hybridized carbons (Fsp3) is 0.321. The zero-order valence-corrected chi connectivity index (χ0v) is 22.1. The number of ether oxygens (including phenoxy) is 1. The van der Waals surface area contributed by atoms with E-state index in [1.54, 1.807) is 18.3 Å². The number of aromatic nitrogens is 3. The van der Waals surface area contributed by atoms with Crippen molar-refractivity contribution in [1.29, 1.82) is 0 Å². The predicted octanol–water partition coefficient (Wildman–Crippen LogP) is 4.97. The van der Waals surface area contributed by atoms with Crippen LogP contribution in [0.5, 0.6) is 0 Å². The lowest BCUT2D eigenvalue weighted by atomic mass is 10.1. The third-order valence-electron chi connectivity index (χ3n) is 6.70. The molecule has 0 bridgehead atoms. The van der Waals surface area contributed by atoms with Crippen LogP contribution in [0.3, 0.4) is 0 Å². The summed E-state index contributed by atoms with van der Waals surface area (Å²) in [7, 11) is 0. The summed E-state index contributed by atoms with van der Waals surface area (Å²) in [6, 6.07) is 14.3. The second kappa shape index (κ2) is 11.6. The Bertz CT molecular complexity index is 1390. The van der Waals surface area contributed by atoms with Crippen LogP contribution in [0.4, 0.5) is 10.2 Å². The Labute approximate surface area is 224 Å². The highest BCUT2D eigenvalue weighted by molar-refractivity contribution is 7.92. The third-order valence-corrected chi connectivity index (χ3v) is 8.50. The smallest absolute Gasteiger partial charge is 0.189 e. The summed E-state index contributed by atoms with van der Waals surface area (Å²) < 4.78 is 38.4. The molecule has 10 heteroatoms. The molecular weight excluding hydrogens is 505 g/mol. The van der Waals surface area contributed by atoms with Gasteiger partial charge in [0.1, 0.15) is 16.8 Å². The maximum Gasteiger partial charge on any atom is 0.189 e. The normalized spacial score (nSPS) is 17.0. The molecule has 2 aromatic carbocycles. The molecule has 1 fully saturated rings. The number of hydrogen-bond acceptors (Lipinski definition) is 8. The van der Waals surface area contributed by atoms with E-state index in [1.807, 2.05) is 44.2 Å². The molecule has 0 spiro atoms. The number of nitrogens with zero attached hydrogens (tertiary/aromatic N) is 3. The molecule has 1 aliphatic heterocycles. The fourth-order valence-electron chi connectivity index (χ4n) is 4.21. The summed E-state index contributed by atoms with van der Waals surface area (Å²) in [6.45, 7) is 5.98. The topological polar surface area (TPSA) is 122 Å². The van der Waals surface area contributed by atoms with Crippen LogP contribution in [0.15, 0.2) is 64.1 Å². The van der Waals surface area contributed by atoms with Crippen molar-refractivity contribution in [2.24, 2.45) is 0 Å². The van der Waals surface area contributed by atoms with Gasteiger partial charge in [0.05, 0.1) is 18.5 Å². The first kappa shape index (κ1) is 26.3. The van der Waals surface area contributed by atoms with Gasteiger partial charge in [-0.05, 0) is 72.9 Å². The van der Waals surface area contributed by atoms with Crippen molar-refractivity contribution < 1.29 is 18.2 Å². The van der Waals surface area contributed by atoms with Crippen LogP contribution in [0.1, 0.15) is 32.3 Å². The van der Waals surface area contributed by atoms with Gasteiger partial charge in [-0.3, -0.25) is 0 Å². The van der Waals surface area contributed by atoms with Crippen LogP contribution < -0.4 is 11.1 Å². The Hall–Kier alpha value is -3.31. The lowest BCUT2D eigenvalue weighted by molar-refractivity contribution is 0.190. The van der Waals surface area contributed by atoms with E-state index >= 15 is 0 Å². The lowest BCUT2D eigenvalue weighted by Crippen LogP contribution is -2.28. The Kier molecular flexibility index (Phi) is 8.04. The molecule has 8 nitrogen and oxygen atoms in total. The minimum Gasteiger partial charge on any atom is -0.611 e. The number of benzene rings is 2. The van der Waals surface area contributed by atoms with E-state index in [1.165, 1.54) is 6.07 Å². The van der Waals surface area contributed by atoms with Crippen molar-refractivity contribution in [2.75, 3.05) is 18.9 Å². The van der Waals surface area contributed by atoms with Crippen LogP contribution in [0, 0.1) is 5.82 Å². The molecule has 0 aliphatic carbocycles. The van der Waals surface area contributed by atoms with Crippen LogP contribution in [0.2, 0.25) is 0 Å². The first-order valence-electron chi connectivity index (χ1n) is 12.6. The molecule has 0 saturated carbocycles. The maximum absolute atomic E-state index is 15.0. The van der Waals surface area contributed by atoms with Crippen LogP contribution >= 0.6 is 0 Å². The zero-order valence-electron chi connectivity index (χ0n) is 21.3. The van der Waals surface area contributed by atoms with Crippen LogP contribution in [-0.2, 0) is 22.5 Å². The summed E-state index contributed by atoms with van der Waals surface area (Å²) in [5, 5.41) is 7.52. The summed E-state index contributed by atoms with van der Waals surface area (Å²) >= 11 is -1.07. The molecule has 3 unspecified atom stereocenters. The van der Waals surface area contributed by atoms with Gasteiger partial charge in [-0.25, -0.2) is 14.4 Å². The van der Waals surface area contributed by atoms with Gasteiger partial charge in [-0.2, -0.15) is 0 Å². The molecule has 1 aliphatic rings. The van der Waals surface area contributed by atoms with Gasteiger partial charge in [0, 0.05) is 36.4 Å². The minimum absolute atomic E-state index is 0.0779. The molecule has 5 rings (SSSR count). The van der Waals surface area contributed by atoms with Gasteiger partial charge >= 0.3 is 0 Å². The average Bonchev–Trinajstić information content (AvgIpc) is 3.64. The number of nitrogen functional groups attached to an aromatic ring is 1. The molecule has 4 aromatic rings. The second-order valence-electron chi connectivity index (χ2n) is 9.36. The first-order valence-corrected chi connectivity index (χ1v) is 13.8. The Morgan fingerprint density at radius 1 is 1.18 bits per heavy atom. The largest absolute Gasteiger partial charge is 0.611 e. The summed E-state index contributed by atoms with van der Waals surface area (Å²) in [5.41, 5.74) is 9.28. The summed E-state index contributed by atoms with van der Waals surface area (Å²) in [5.74, 6) is 0.0611. The molecule has 1 saturated heterocycles. The molecule has 2 aromatic heterocycles. The molecule has 3 N–H and O–H groups in total. The van der Waals surface area contributed by atoms with Crippen molar-refractivity contribution in [3.05, 3.63) is 66.1 Å². The minimum atomic E-state index is -1.07. The molecule has 0 radical (unpaired) electrons. The number of nitrogens with one attached hydrogen (secondary N) is 1. The lowest BCUT2D eigenvalue weighted by Gasteiger charge is -2.16. The van der Waals surface area contributed by atoms with Gasteiger partial charge in [0.2, 0.25) is 0 Å². The Morgan fingerprint density at radius 3 is 2.71 bits per heavy atom. The number of anilines is 1. The molecule has 38 heavy (non-hydrogen) atoms. The fourth-order valence-corrected chi connectivity index (χ4v) is 5.38. The van der Waals surface area contributed by atoms with Crippen LogP contribution in [-0.4, -0.2) is 44.2 Å². The van der Waals surface area contributed by atoms with Crippen molar-refractivity contribution >= 4 is 17.0 Å². The monoisotopic (exact) mass is 535 g/mol. The van der Waals surface area contributed by atoms with E-state index in [4.69, 9.17) is 15.0 Å². The van der Waals surface area contributed by atoms with E-state index in [2.05, 4.69) is 20.4 Å². The Morgan fingerprint density at radius 2 is 2.00 bits per heavy atom. The van der Waals surface area contributed by atoms with Gasteiger partial charge in [0.15, 0.2) is 22.2 Å². The average molecular weight is 536 g/mol. The third kappa shape index (κ3) is 5.73. The van der Waals surface area contributed by atoms with Gasteiger partial charge < -0.3 is 24.9 Å². The number of halogens is 1. The second-order valence-corrected chi connectivity index (χ2v) is 11.2. The van der Waals surface area contributed by atoms with Gasteiger partial charge in [-0.15, -0.1) is 0 Å². The van der Waals surface area contributed by atoms with Crippen molar-refractivity contribution in [3.63, 3.8) is 0 Å². The SMILES string of the molecule is CCC(C)[S+]([O-])c1ccc(-c2cnc(N)c(-c3cc(-c4ccc(CNC5CCOC5)cc4F)no3)n2)cc1. The molecule has 198 valence electrons. The van der Waals surface area contributed by atoms with Crippen molar-refractivity contribution in [1.82, 2.24) is 20.4 Å². The zero-order chi connectivity index (χ0) is 26.6. The molecule has 0 amide bonds. The quantitative estimate of drug-likeness (QED) is 0.288. The first-order chi connectivity index (χ1) is 18.4. The van der Waals surface area contributed by atoms with E-state index in [-0.39, 0.29) is 16.8 Å². The van der Waals surface area contributed by atoms with Crippen LogP contribution in [0.25, 0.3) is 34.0 Å². The highest BCUT2D eigenvalue weighted by Gasteiger charge is 2.20. The Balaban J connectivity index is 1.34. The van der Waals surface area contributed by atoms with E-state index in [9.17, 15) is 8.94 Å². The highest BCUT2D eigenvalue weighted by Crippen LogP contribution is 2.31. The van der Waals surface area contributed by atoms with Crippen molar-refractivity contribution in [2.45, 2.75) is 49.4 Å².